The number of carboxylic acids is 1. The van der Waals surface area contributed by atoms with Crippen molar-refractivity contribution >= 4 is 17.6 Å². The van der Waals surface area contributed by atoms with E-state index in [4.69, 9.17) is 9.47 Å². The Morgan fingerprint density at radius 1 is 1.07 bits per heavy atom. The maximum atomic E-state index is 12.7. The molecule has 1 aliphatic heterocycles. The van der Waals surface area contributed by atoms with Gasteiger partial charge in [0.15, 0.2) is 11.5 Å². The number of hydrogen-bond donors (Lipinski definition) is 0. The number of carboxylic acid groups (broad SMARTS) is 1. The summed E-state index contributed by atoms with van der Waals surface area (Å²) in [5.74, 6) is -0.487. The van der Waals surface area contributed by atoms with E-state index in [1.165, 1.54) is 5.01 Å². The topological polar surface area (TPSA) is 91.3 Å². The van der Waals surface area contributed by atoms with Crippen LogP contribution in [0.3, 0.4) is 0 Å². The van der Waals surface area contributed by atoms with Gasteiger partial charge in [0.05, 0.1) is 26.0 Å². The highest BCUT2D eigenvalue weighted by molar-refractivity contribution is 6.03. The average molecular weight is 395 g/mol. The predicted octanol–water partition coefficient (Wildman–Crippen LogP) is 2.22. The summed E-state index contributed by atoms with van der Waals surface area (Å²) in [6.07, 6.45) is -0.00419. The fraction of sp³-hybridized carbons (Fsp3) is 0.318. The number of aryl methyl sites for hydroxylation is 1. The minimum Gasteiger partial charge on any atom is -0.550 e. The SMILES string of the molecule is COc1ccc([C@@H]2CC(c3ccc(C)cc3)=NN2C(=O)CCC(=O)[O-])cc1OC. The van der Waals surface area contributed by atoms with Crippen LogP contribution in [0, 0.1) is 6.92 Å². The zero-order valence-electron chi connectivity index (χ0n) is 16.7. The van der Waals surface area contributed by atoms with Crippen LogP contribution in [0.1, 0.15) is 42.0 Å². The first-order valence-electron chi connectivity index (χ1n) is 9.31. The van der Waals surface area contributed by atoms with Crippen LogP contribution in [0.2, 0.25) is 0 Å². The van der Waals surface area contributed by atoms with E-state index in [0.717, 1.165) is 22.4 Å². The minimum absolute atomic E-state index is 0.170. The Hall–Kier alpha value is -3.35. The highest BCUT2D eigenvalue weighted by atomic mass is 16.5. The summed E-state index contributed by atoms with van der Waals surface area (Å²) in [6.45, 7) is 2.00. The number of ether oxygens (including phenoxy) is 2. The van der Waals surface area contributed by atoms with Crippen molar-refractivity contribution in [2.24, 2.45) is 5.10 Å². The van der Waals surface area contributed by atoms with Gasteiger partial charge in [-0.05, 0) is 36.6 Å². The van der Waals surface area contributed by atoms with Crippen LogP contribution in [-0.2, 0) is 9.59 Å². The third-order valence-electron chi connectivity index (χ3n) is 4.89. The Bertz CT molecular complexity index is 937. The lowest BCUT2D eigenvalue weighted by molar-refractivity contribution is -0.305. The fourth-order valence-corrected chi connectivity index (χ4v) is 3.30. The molecule has 0 spiro atoms. The second-order valence-electron chi connectivity index (χ2n) is 6.86. The van der Waals surface area contributed by atoms with Gasteiger partial charge >= 0.3 is 0 Å². The first-order chi connectivity index (χ1) is 13.9. The van der Waals surface area contributed by atoms with Crippen LogP contribution in [0.5, 0.6) is 11.5 Å². The van der Waals surface area contributed by atoms with Gasteiger partial charge in [-0.3, -0.25) is 4.79 Å². The van der Waals surface area contributed by atoms with Crippen molar-refractivity contribution in [3.63, 3.8) is 0 Å². The van der Waals surface area contributed by atoms with E-state index in [1.54, 1.807) is 20.3 Å². The van der Waals surface area contributed by atoms with E-state index in [1.807, 2.05) is 43.3 Å². The number of amides is 1. The summed E-state index contributed by atoms with van der Waals surface area (Å²) < 4.78 is 10.7. The highest BCUT2D eigenvalue weighted by Gasteiger charge is 2.33. The Morgan fingerprint density at radius 3 is 2.38 bits per heavy atom. The number of hydrazone groups is 1. The third kappa shape index (κ3) is 4.56. The smallest absolute Gasteiger partial charge is 0.243 e. The van der Waals surface area contributed by atoms with Crippen LogP contribution in [-0.4, -0.2) is 36.8 Å². The molecule has 1 heterocycles. The maximum Gasteiger partial charge on any atom is 0.243 e. The molecular weight excluding hydrogens is 372 g/mol. The number of carbonyl (C=O) groups excluding carboxylic acids is 2. The summed E-state index contributed by atoms with van der Waals surface area (Å²) in [5, 5.41) is 16.7. The van der Waals surface area contributed by atoms with Crippen LogP contribution < -0.4 is 14.6 Å². The molecule has 0 aliphatic carbocycles. The Morgan fingerprint density at radius 2 is 1.76 bits per heavy atom. The van der Waals surface area contributed by atoms with Gasteiger partial charge in [0.1, 0.15) is 0 Å². The molecule has 1 amide bonds. The number of carbonyl (C=O) groups is 2. The molecule has 0 aromatic heterocycles. The summed E-state index contributed by atoms with van der Waals surface area (Å²) in [6, 6.07) is 13.0. The van der Waals surface area contributed by atoms with Gasteiger partial charge in [-0.1, -0.05) is 35.9 Å². The summed E-state index contributed by atoms with van der Waals surface area (Å²) in [5.41, 5.74) is 3.66. The minimum atomic E-state index is -1.26. The first-order valence-corrected chi connectivity index (χ1v) is 9.31. The van der Waals surface area contributed by atoms with Crippen molar-refractivity contribution < 1.29 is 24.2 Å². The fourth-order valence-electron chi connectivity index (χ4n) is 3.30. The summed E-state index contributed by atoms with van der Waals surface area (Å²) >= 11 is 0. The summed E-state index contributed by atoms with van der Waals surface area (Å²) in [4.78, 5) is 23.5. The molecule has 1 atom stereocenters. The van der Waals surface area contributed by atoms with Crippen molar-refractivity contribution in [2.45, 2.75) is 32.2 Å². The molecule has 2 aromatic rings. The maximum absolute atomic E-state index is 12.7. The molecule has 3 rings (SSSR count). The normalized spacial score (nSPS) is 15.8. The van der Waals surface area contributed by atoms with E-state index < -0.39 is 5.97 Å². The van der Waals surface area contributed by atoms with E-state index in [-0.39, 0.29) is 24.8 Å². The van der Waals surface area contributed by atoms with Gasteiger partial charge in [0.2, 0.25) is 5.91 Å². The number of methoxy groups -OCH3 is 2. The standard InChI is InChI=1S/C22H24N2O5/c1-14-4-6-15(7-5-14)17-13-18(24(23-17)21(25)10-11-22(26)27)16-8-9-19(28-2)20(12-16)29-3/h4-9,12,18H,10-11,13H2,1-3H3,(H,26,27)/p-1/t18-/m0/s1. The molecule has 1 aliphatic rings. The first kappa shape index (κ1) is 20.4. The molecule has 0 saturated heterocycles. The third-order valence-corrected chi connectivity index (χ3v) is 4.89. The predicted molar refractivity (Wildman–Crippen MR) is 106 cm³/mol. The van der Waals surface area contributed by atoms with Crippen LogP contribution in [0.15, 0.2) is 47.6 Å². The quantitative estimate of drug-likeness (QED) is 0.717. The lowest BCUT2D eigenvalue weighted by Gasteiger charge is -2.23. The highest BCUT2D eigenvalue weighted by Crippen LogP contribution is 2.37. The van der Waals surface area contributed by atoms with E-state index in [2.05, 4.69) is 5.10 Å². The van der Waals surface area contributed by atoms with Gasteiger partial charge in [0.25, 0.3) is 0 Å². The lowest BCUT2D eigenvalue weighted by Crippen LogP contribution is -2.29. The second-order valence-corrected chi connectivity index (χ2v) is 6.86. The van der Waals surface area contributed by atoms with Gasteiger partial charge in [-0.2, -0.15) is 5.10 Å². The Labute approximate surface area is 169 Å². The number of aliphatic carboxylic acids is 1. The van der Waals surface area contributed by atoms with Crippen LogP contribution in [0.4, 0.5) is 0 Å². The molecular formula is C22H23N2O5-. The average Bonchev–Trinajstić information content (AvgIpc) is 3.17. The molecule has 0 fully saturated rings. The molecule has 0 radical (unpaired) electrons. The zero-order chi connectivity index (χ0) is 21.0. The molecule has 29 heavy (non-hydrogen) atoms. The van der Waals surface area contributed by atoms with Gasteiger partial charge < -0.3 is 19.4 Å². The monoisotopic (exact) mass is 395 g/mol. The molecule has 152 valence electrons. The largest absolute Gasteiger partial charge is 0.550 e. The van der Waals surface area contributed by atoms with Crippen molar-refractivity contribution in [1.82, 2.24) is 5.01 Å². The van der Waals surface area contributed by atoms with Gasteiger partial charge in [-0.15, -0.1) is 0 Å². The van der Waals surface area contributed by atoms with Crippen molar-refractivity contribution in [2.75, 3.05) is 14.2 Å². The van der Waals surface area contributed by atoms with E-state index in [0.29, 0.717) is 17.9 Å². The molecule has 2 aromatic carbocycles. The van der Waals surface area contributed by atoms with Crippen molar-refractivity contribution in [3.05, 3.63) is 59.2 Å². The molecule has 0 N–H and O–H groups in total. The molecule has 0 saturated carbocycles. The number of benzene rings is 2. The molecule has 7 heteroatoms. The number of rotatable bonds is 7. The van der Waals surface area contributed by atoms with Crippen molar-refractivity contribution in [1.29, 1.82) is 0 Å². The lowest BCUT2D eigenvalue weighted by atomic mass is 9.97. The van der Waals surface area contributed by atoms with Gasteiger partial charge in [-0.25, -0.2) is 5.01 Å². The summed E-state index contributed by atoms with van der Waals surface area (Å²) in [7, 11) is 3.11. The van der Waals surface area contributed by atoms with Crippen molar-refractivity contribution in [3.8, 4) is 11.5 Å². The zero-order valence-corrected chi connectivity index (χ0v) is 16.7. The van der Waals surface area contributed by atoms with Crippen LogP contribution >= 0.6 is 0 Å². The van der Waals surface area contributed by atoms with E-state index in [9.17, 15) is 14.7 Å². The van der Waals surface area contributed by atoms with Gasteiger partial charge in [0, 0.05) is 18.8 Å². The Balaban J connectivity index is 1.94. The molecule has 7 nitrogen and oxygen atoms in total. The molecule has 0 unspecified atom stereocenters. The number of hydrogen-bond acceptors (Lipinski definition) is 6. The number of nitrogens with zero attached hydrogens (tertiary/aromatic N) is 2. The second kappa shape index (κ2) is 8.77. The van der Waals surface area contributed by atoms with E-state index >= 15 is 0 Å². The Kier molecular flexibility index (Phi) is 6.16. The van der Waals surface area contributed by atoms with Crippen LogP contribution in [0.25, 0.3) is 0 Å². The molecule has 0 bridgehead atoms.